The minimum absolute atomic E-state index is 0. The predicted molar refractivity (Wildman–Crippen MR) is 84.6 cm³/mol. The van der Waals surface area contributed by atoms with Crippen LogP contribution in [0.4, 0.5) is 0 Å². The first kappa shape index (κ1) is 19.3. The van der Waals surface area contributed by atoms with Crippen LogP contribution in [0.1, 0.15) is 11.3 Å². The molecule has 1 amide bonds. The van der Waals surface area contributed by atoms with Gasteiger partial charge in [-0.2, -0.15) is 0 Å². The number of carbonyl (C=O) groups excluding carboxylic acids is 1. The molecule has 0 fully saturated rings. The lowest BCUT2D eigenvalue weighted by molar-refractivity contribution is -0.119. The van der Waals surface area contributed by atoms with Gasteiger partial charge in [-0.3, -0.25) is 4.79 Å². The van der Waals surface area contributed by atoms with Gasteiger partial charge in [0.25, 0.3) is 5.91 Å². The molecule has 0 spiro atoms. The van der Waals surface area contributed by atoms with Crippen molar-refractivity contribution in [3.63, 3.8) is 0 Å². The van der Waals surface area contributed by atoms with Crippen LogP contribution in [0.3, 0.4) is 0 Å². The van der Waals surface area contributed by atoms with Gasteiger partial charge < -0.3 is 37.3 Å². The van der Waals surface area contributed by atoms with Crippen LogP contribution in [0.15, 0.2) is 39.4 Å². The minimum atomic E-state index is -0.543. The van der Waals surface area contributed by atoms with Crippen LogP contribution in [0.2, 0.25) is 0 Å². The Balaban J connectivity index is 0.00000264. The zero-order chi connectivity index (χ0) is 15.9. The number of hydrogen-bond acceptors (Lipinski definition) is 5. The fourth-order valence-corrected chi connectivity index (χ4v) is 2.51. The highest BCUT2D eigenvalue weighted by molar-refractivity contribution is 9.10. The zero-order valence-corrected chi connectivity index (χ0v) is 14.8. The van der Waals surface area contributed by atoms with E-state index in [1.54, 1.807) is 13.4 Å². The summed E-state index contributed by atoms with van der Waals surface area (Å²) in [5, 5.41) is 3.27. The average molecular weight is 405 g/mol. The normalized spacial score (nSPS) is 10.0. The number of furan rings is 1. The van der Waals surface area contributed by atoms with Crippen LogP contribution in [-0.2, 0) is 17.9 Å². The van der Waals surface area contributed by atoms with Crippen LogP contribution in [0.25, 0.3) is 0 Å². The van der Waals surface area contributed by atoms with Crippen molar-refractivity contribution in [3.8, 4) is 11.5 Å². The Kier molecular flexibility index (Phi) is 7.94. The summed E-state index contributed by atoms with van der Waals surface area (Å²) in [4.78, 5) is 10.8. The summed E-state index contributed by atoms with van der Waals surface area (Å²) < 4.78 is 16.6. The number of nitrogens with one attached hydrogen (secondary N) is 1. The molecule has 0 saturated carbocycles. The maximum atomic E-state index is 10.8. The third-order valence-electron chi connectivity index (χ3n) is 2.86. The number of ether oxygens (including phenoxy) is 2. The van der Waals surface area contributed by atoms with Crippen LogP contribution >= 0.6 is 15.9 Å². The maximum Gasteiger partial charge on any atom is 0.255 e. The van der Waals surface area contributed by atoms with Gasteiger partial charge in [0.05, 0.1) is 24.4 Å². The highest BCUT2D eigenvalue weighted by atomic mass is 79.9. The molecule has 0 aliphatic carbocycles. The van der Waals surface area contributed by atoms with E-state index in [0.717, 1.165) is 11.3 Å². The number of carbonyl (C=O) groups is 1. The van der Waals surface area contributed by atoms with Crippen LogP contribution in [-0.4, -0.2) is 19.6 Å². The third-order valence-corrected chi connectivity index (χ3v) is 3.45. The van der Waals surface area contributed by atoms with E-state index in [9.17, 15) is 4.79 Å². The van der Waals surface area contributed by atoms with E-state index in [-0.39, 0.29) is 19.0 Å². The molecule has 2 aromatic rings. The van der Waals surface area contributed by atoms with Gasteiger partial charge in [0.2, 0.25) is 0 Å². The van der Waals surface area contributed by atoms with Crippen LogP contribution in [0, 0.1) is 0 Å². The number of hydrogen-bond donors (Lipinski definition) is 2. The third kappa shape index (κ3) is 5.78. The fourth-order valence-electron chi connectivity index (χ4n) is 1.90. The van der Waals surface area contributed by atoms with Gasteiger partial charge in [-0.25, -0.2) is 0 Å². The molecule has 8 heteroatoms. The highest BCUT2D eigenvalue weighted by Gasteiger charge is 2.12. The molecular weight excluding hydrogens is 388 g/mol. The molecule has 126 valence electrons. The average Bonchev–Trinajstić information content (AvgIpc) is 2.98. The molecule has 1 aromatic heterocycles. The van der Waals surface area contributed by atoms with Gasteiger partial charge in [0.15, 0.2) is 18.1 Å². The first-order valence-corrected chi connectivity index (χ1v) is 7.40. The van der Waals surface area contributed by atoms with E-state index in [4.69, 9.17) is 19.6 Å². The quantitative estimate of drug-likeness (QED) is 0.602. The van der Waals surface area contributed by atoms with Gasteiger partial charge >= 0.3 is 0 Å². The number of halogens is 2. The Bertz CT molecular complexity index is 635. The molecule has 1 heterocycles. The van der Waals surface area contributed by atoms with E-state index >= 15 is 0 Å². The van der Waals surface area contributed by atoms with Crippen LogP contribution < -0.4 is 32.9 Å². The minimum Gasteiger partial charge on any atom is -1.00 e. The number of nitrogens with two attached hydrogens (primary N) is 1. The van der Waals surface area contributed by atoms with Gasteiger partial charge in [-0.1, -0.05) is 0 Å². The monoisotopic (exact) mass is 403 g/mol. The summed E-state index contributed by atoms with van der Waals surface area (Å²) in [5.74, 6) is 1.31. The molecule has 1 aromatic carbocycles. The van der Waals surface area contributed by atoms with Crippen molar-refractivity contribution in [3.05, 3.63) is 46.3 Å². The maximum absolute atomic E-state index is 10.8. The van der Waals surface area contributed by atoms with Gasteiger partial charge in [0, 0.05) is 6.54 Å². The molecule has 0 aliphatic heterocycles. The Labute approximate surface area is 148 Å². The Hall–Kier alpha value is -1.70. The largest absolute Gasteiger partial charge is 1.00 e. The molecular formula is C15H17BrClN2O4-. The molecule has 2 rings (SSSR count). The lowest BCUT2D eigenvalue weighted by Gasteiger charge is -2.13. The van der Waals surface area contributed by atoms with Crippen molar-refractivity contribution < 1.29 is 31.1 Å². The summed E-state index contributed by atoms with van der Waals surface area (Å²) in [7, 11) is 1.54. The van der Waals surface area contributed by atoms with Crippen LogP contribution in [0.5, 0.6) is 11.5 Å². The van der Waals surface area contributed by atoms with Gasteiger partial charge in [-0.05, 0) is 45.8 Å². The van der Waals surface area contributed by atoms with Crippen molar-refractivity contribution >= 4 is 21.8 Å². The summed E-state index contributed by atoms with van der Waals surface area (Å²) in [5.41, 5.74) is 6.09. The summed E-state index contributed by atoms with van der Waals surface area (Å²) in [6.45, 7) is 1.06. The molecule has 0 saturated heterocycles. The molecule has 23 heavy (non-hydrogen) atoms. The lowest BCUT2D eigenvalue weighted by atomic mass is 10.2. The standard InChI is InChI=1S/C15H17BrN2O4.ClH/c1-20-13-6-10(7-18-8-11-3-2-4-21-11)5-12(16)15(13)22-9-14(17)19;/h2-6,18H,7-9H2,1H3,(H2,17,19);1H/p-1. The smallest absolute Gasteiger partial charge is 0.255 e. The Morgan fingerprint density at radius 3 is 2.78 bits per heavy atom. The van der Waals surface area contributed by atoms with E-state index in [1.165, 1.54) is 0 Å². The predicted octanol–water partition coefficient (Wildman–Crippen LogP) is -0.791. The molecule has 0 atom stereocenters. The SMILES string of the molecule is COc1cc(CNCc2ccco2)cc(Br)c1OCC(N)=O.[Cl-]. The molecule has 6 nitrogen and oxygen atoms in total. The van der Waals surface area contributed by atoms with Crippen molar-refractivity contribution in [2.45, 2.75) is 13.1 Å². The van der Waals surface area contributed by atoms with Crippen molar-refractivity contribution in [2.75, 3.05) is 13.7 Å². The van der Waals surface area contributed by atoms with Crippen molar-refractivity contribution in [1.29, 1.82) is 0 Å². The molecule has 0 bridgehead atoms. The van der Waals surface area contributed by atoms with Gasteiger partial charge in [-0.15, -0.1) is 0 Å². The van der Waals surface area contributed by atoms with E-state index < -0.39 is 5.91 Å². The molecule has 0 radical (unpaired) electrons. The number of rotatable bonds is 8. The first-order chi connectivity index (χ1) is 10.6. The number of benzene rings is 1. The zero-order valence-electron chi connectivity index (χ0n) is 12.5. The van der Waals surface area contributed by atoms with E-state index in [1.807, 2.05) is 24.3 Å². The van der Waals surface area contributed by atoms with Crippen molar-refractivity contribution in [2.24, 2.45) is 5.73 Å². The summed E-state index contributed by atoms with van der Waals surface area (Å²) in [6, 6.07) is 7.50. The lowest BCUT2D eigenvalue weighted by Crippen LogP contribution is -3.00. The first-order valence-electron chi connectivity index (χ1n) is 6.60. The summed E-state index contributed by atoms with van der Waals surface area (Å²) in [6.07, 6.45) is 1.64. The summed E-state index contributed by atoms with van der Waals surface area (Å²) >= 11 is 3.42. The Morgan fingerprint density at radius 1 is 1.39 bits per heavy atom. The number of methoxy groups -OCH3 is 1. The van der Waals surface area contributed by atoms with E-state index in [2.05, 4.69) is 21.2 Å². The second kappa shape index (κ2) is 9.44. The number of primary amides is 1. The topological polar surface area (TPSA) is 86.7 Å². The van der Waals surface area contributed by atoms with E-state index in [0.29, 0.717) is 29.1 Å². The molecule has 0 aliphatic rings. The molecule has 3 N–H and O–H groups in total. The van der Waals surface area contributed by atoms with Gasteiger partial charge in [0.1, 0.15) is 5.76 Å². The van der Waals surface area contributed by atoms with Crippen molar-refractivity contribution in [1.82, 2.24) is 5.32 Å². The second-order valence-electron chi connectivity index (χ2n) is 4.55. The fraction of sp³-hybridized carbons (Fsp3) is 0.267. The molecule has 0 unspecified atom stereocenters. The number of amides is 1. The second-order valence-corrected chi connectivity index (χ2v) is 5.40. The Morgan fingerprint density at radius 2 is 2.17 bits per heavy atom. The highest BCUT2D eigenvalue weighted by Crippen LogP contribution is 2.36.